The Bertz CT molecular complexity index is 1090. The zero-order valence-corrected chi connectivity index (χ0v) is 18.3. The Labute approximate surface area is 176 Å². The number of amides is 1. The lowest BCUT2D eigenvalue weighted by atomic mass is 9.86. The number of furan rings is 1. The van der Waals surface area contributed by atoms with Crippen LogP contribution in [0.25, 0.3) is 22.4 Å². The van der Waals surface area contributed by atoms with Gasteiger partial charge in [-0.3, -0.25) is 4.79 Å². The third kappa shape index (κ3) is 3.72. The molecule has 6 heteroatoms. The van der Waals surface area contributed by atoms with Crippen LogP contribution in [0.2, 0.25) is 0 Å². The number of halogens is 1. The van der Waals surface area contributed by atoms with Crippen molar-refractivity contribution in [2.75, 3.05) is 19.6 Å². The van der Waals surface area contributed by atoms with E-state index in [1.807, 2.05) is 11.0 Å². The summed E-state index contributed by atoms with van der Waals surface area (Å²) in [5.74, 6) is -0.0722. The number of hydrogen-bond acceptors (Lipinski definition) is 3. The molecule has 0 spiro atoms. The van der Waals surface area contributed by atoms with Gasteiger partial charge in [0, 0.05) is 17.2 Å². The van der Waals surface area contributed by atoms with Crippen LogP contribution in [0.4, 0.5) is 4.39 Å². The molecule has 3 aromatic rings. The highest BCUT2D eigenvalue weighted by molar-refractivity contribution is 5.97. The molecular weight excluding hydrogens is 381 g/mol. The van der Waals surface area contributed by atoms with Crippen molar-refractivity contribution >= 4 is 17.0 Å². The van der Waals surface area contributed by atoms with Gasteiger partial charge in [-0.25, -0.2) is 9.37 Å². The number of carbonyl (C=O) groups excluding carboxylic acids is 1. The molecule has 0 saturated carbocycles. The predicted octanol–water partition coefficient (Wildman–Crippen LogP) is 3.73. The summed E-state index contributed by atoms with van der Waals surface area (Å²) in [6, 6.07) is 10.0. The van der Waals surface area contributed by atoms with E-state index in [4.69, 9.17) is 9.40 Å². The lowest BCUT2D eigenvalue weighted by molar-refractivity contribution is -0.673. The van der Waals surface area contributed by atoms with Gasteiger partial charge in [-0.05, 0) is 49.6 Å². The number of piperazine rings is 1. The van der Waals surface area contributed by atoms with Crippen molar-refractivity contribution < 1.29 is 18.9 Å². The lowest BCUT2D eigenvalue weighted by Gasteiger charge is -2.39. The van der Waals surface area contributed by atoms with Gasteiger partial charge in [-0.2, -0.15) is 0 Å². The molecule has 30 heavy (non-hydrogen) atoms. The van der Waals surface area contributed by atoms with Crippen LogP contribution in [0, 0.1) is 5.82 Å². The van der Waals surface area contributed by atoms with E-state index in [-0.39, 0.29) is 22.7 Å². The van der Waals surface area contributed by atoms with Crippen molar-refractivity contribution in [3.63, 3.8) is 0 Å². The molecule has 2 N–H and O–H groups in total. The summed E-state index contributed by atoms with van der Waals surface area (Å²) < 4.78 is 19.5. The van der Waals surface area contributed by atoms with Gasteiger partial charge in [0.2, 0.25) is 0 Å². The summed E-state index contributed by atoms with van der Waals surface area (Å²) in [7, 11) is 0. The first-order valence-electron chi connectivity index (χ1n) is 10.4. The van der Waals surface area contributed by atoms with E-state index in [9.17, 15) is 9.18 Å². The minimum absolute atomic E-state index is 0.103. The monoisotopic (exact) mass is 410 g/mol. The molecule has 1 fully saturated rings. The Balaban J connectivity index is 1.83. The van der Waals surface area contributed by atoms with E-state index in [2.05, 4.69) is 39.9 Å². The third-order valence-electron chi connectivity index (χ3n) is 5.81. The molecule has 0 radical (unpaired) electrons. The Morgan fingerprint density at radius 3 is 2.53 bits per heavy atom. The highest BCUT2D eigenvalue weighted by Crippen LogP contribution is 2.35. The van der Waals surface area contributed by atoms with Gasteiger partial charge in [0.25, 0.3) is 5.91 Å². The molecule has 0 unspecified atom stereocenters. The highest BCUT2D eigenvalue weighted by Gasteiger charge is 2.37. The SMILES string of the molecule is CC(C)(C)c1cc(-c2ccc(F)cc2)nc2cc(C(=O)N3CC[NH2+]CC3(C)C)oc12. The van der Waals surface area contributed by atoms with Crippen LogP contribution in [0.1, 0.15) is 50.7 Å². The van der Waals surface area contributed by atoms with Crippen molar-refractivity contribution in [3.05, 3.63) is 53.5 Å². The number of rotatable bonds is 2. The average Bonchev–Trinajstić information content (AvgIpc) is 3.10. The van der Waals surface area contributed by atoms with Crippen molar-refractivity contribution in [1.29, 1.82) is 0 Å². The number of carbonyl (C=O) groups is 1. The quantitative estimate of drug-likeness (QED) is 0.700. The normalized spacial score (nSPS) is 16.8. The maximum Gasteiger partial charge on any atom is 0.290 e. The minimum Gasteiger partial charge on any atom is -0.449 e. The van der Waals surface area contributed by atoms with Gasteiger partial charge < -0.3 is 14.6 Å². The summed E-state index contributed by atoms with van der Waals surface area (Å²) in [6.45, 7) is 12.9. The number of nitrogens with zero attached hydrogens (tertiary/aromatic N) is 2. The number of quaternary nitrogens is 1. The van der Waals surface area contributed by atoms with Gasteiger partial charge >= 0.3 is 0 Å². The van der Waals surface area contributed by atoms with Crippen LogP contribution < -0.4 is 5.32 Å². The van der Waals surface area contributed by atoms with Crippen molar-refractivity contribution in [1.82, 2.24) is 9.88 Å². The number of benzene rings is 1. The summed E-state index contributed by atoms with van der Waals surface area (Å²) in [5.41, 5.74) is 3.36. The first-order chi connectivity index (χ1) is 14.1. The lowest BCUT2D eigenvalue weighted by Crippen LogP contribution is -2.93. The Kier molecular flexibility index (Phi) is 4.93. The molecule has 2 aromatic heterocycles. The molecule has 0 atom stereocenters. The van der Waals surface area contributed by atoms with Gasteiger partial charge in [0.05, 0.1) is 30.9 Å². The summed E-state index contributed by atoms with van der Waals surface area (Å²) >= 11 is 0. The number of aromatic nitrogens is 1. The molecule has 0 aliphatic carbocycles. The molecule has 0 bridgehead atoms. The number of fused-ring (bicyclic) bond motifs is 1. The van der Waals surface area contributed by atoms with E-state index in [0.717, 1.165) is 29.9 Å². The number of pyridine rings is 1. The molecular formula is C24H29FN3O2+. The van der Waals surface area contributed by atoms with Gasteiger partial charge in [0.1, 0.15) is 11.3 Å². The Morgan fingerprint density at radius 2 is 1.90 bits per heavy atom. The largest absolute Gasteiger partial charge is 0.449 e. The maximum absolute atomic E-state index is 13.4. The second kappa shape index (κ2) is 7.20. The van der Waals surface area contributed by atoms with Crippen LogP contribution in [0.3, 0.4) is 0 Å². The number of nitrogens with two attached hydrogens (primary N) is 1. The molecule has 1 aliphatic heterocycles. The third-order valence-corrected chi connectivity index (χ3v) is 5.81. The maximum atomic E-state index is 13.4. The van der Waals surface area contributed by atoms with Crippen LogP contribution in [0.15, 0.2) is 40.8 Å². The predicted molar refractivity (Wildman–Crippen MR) is 115 cm³/mol. The minimum atomic E-state index is -0.284. The number of hydrogen-bond donors (Lipinski definition) is 1. The molecule has 1 saturated heterocycles. The van der Waals surface area contributed by atoms with Crippen LogP contribution in [0.5, 0.6) is 0 Å². The van der Waals surface area contributed by atoms with Crippen molar-refractivity contribution in [2.45, 2.75) is 45.6 Å². The Morgan fingerprint density at radius 1 is 1.20 bits per heavy atom. The van der Waals surface area contributed by atoms with Crippen LogP contribution in [-0.4, -0.2) is 41.0 Å². The van der Waals surface area contributed by atoms with Gasteiger partial charge in [0.15, 0.2) is 11.3 Å². The fourth-order valence-electron chi connectivity index (χ4n) is 4.05. The molecule has 1 amide bonds. The molecule has 3 heterocycles. The first kappa shape index (κ1) is 20.5. The smallest absolute Gasteiger partial charge is 0.290 e. The van der Waals surface area contributed by atoms with E-state index in [1.54, 1.807) is 18.2 Å². The second-order valence-corrected chi connectivity index (χ2v) is 9.69. The second-order valence-electron chi connectivity index (χ2n) is 9.69. The summed E-state index contributed by atoms with van der Waals surface area (Å²) in [6.07, 6.45) is 0. The zero-order valence-electron chi connectivity index (χ0n) is 18.3. The summed E-state index contributed by atoms with van der Waals surface area (Å²) in [5, 5.41) is 2.23. The fraction of sp³-hybridized carbons (Fsp3) is 0.417. The van der Waals surface area contributed by atoms with E-state index in [0.29, 0.717) is 23.4 Å². The molecule has 158 valence electrons. The topological polar surface area (TPSA) is 63.0 Å². The molecule has 5 nitrogen and oxygen atoms in total. The summed E-state index contributed by atoms with van der Waals surface area (Å²) in [4.78, 5) is 19.9. The first-order valence-corrected chi connectivity index (χ1v) is 10.4. The zero-order chi connectivity index (χ0) is 21.7. The fourth-order valence-corrected chi connectivity index (χ4v) is 4.05. The van der Waals surface area contributed by atoms with Gasteiger partial charge in [-0.15, -0.1) is 0 Å². The highest BCUT2D eigenvalue weighted by atomic mass is 19.1. The Hall–Kier alpha value is -2.73. The van der Waals surface area contributed by atoms with Crippen molar-refractivity contribution in [2.24, 2.45) is 0 Å². The van der Waals surface area contributed by atoms with Crippen molar-refractivity contribution in [3.8, 4) is 11.3 Å². The van der Waals surface area contributed by atoms with Crippen LogP contribution in [-0.2, 0) is 5.41 Å². The van der Waals surface area contributed by atoms with E-state index < -0.39 is 0 Å². The molecule has 4 rings (SSSR count). The molecule has 1 aliphatic rings. The van der Waals surface area contributed by atoms with E-state index >= 15 is 0 Å². The van der Waals surface area contributed by atoms with E-state index in [1.165, 1.54) is 12.1 Å². The van der Waals surface area contributed by atoms with Gasteiger partial charge in [-0.1, -0.05) is 20.8 Å². The standard InChI is InChI=1S/C24H28FN3O2/c1-23(2,3)17-12-18(15-6-8-16(25)9-7-15)27-19-13-20(30-21(17)19)22(29)28-11-10-26-14-24(28,4)5/h6-9,12-13,26H,10-11,14H2,1-5H3/p+1. The average molecular weight is 411 g/mol. The van der Waals surface area contributed by atoms with Crippen LogP contribution >= 0.6 is 0 Å². The molecule has 1 aromatic carbocycles.